The second-order valence-electron chi connectivity index (χ2n) is 2.31. The van der Waals surface area contributed by atoms with Gasteiger partial charge in [-0.25, -0.2) is 0 Å². The molecule has 0 radical (unpaired) electrons. The first-order chi connectivity index (χ1) is 5.15. The maximum atomic E-state index is 5.81. The van der Waals surface area contributed by atoms with Crippen LogP contribution in [0, 0.1) is 6.92 Å². The molecule has 0 aliphatic heterocycles. The molecule has 0 aromatic heterocycles. The Bertz CT molecular complexity index is 271. The Morgan fingerprint density at radius 2 is 2.09 bits per heavy atom. The van der Waals surface area contributed by atoms with Crippen LogP contribution >= 0.6 is 39.1 Å². The molecular weight excluding hydrogens is 247 g/mol. The Balaban J connectivity index is 3.24. The molecule has 0 heterocycles. The Morgan fingerprint density at radius 3 is 2.64 bits per heavy atom. The molecule has 0 spiro atoms. The summed E-state index contributed by atoms with van der Waals surface area (Å²) in [6.45, 7) is 2.01. The van der Waals surface area contributed by atoms with Gasteiger partial charge in [-0.05, 0) is 30.2 Å². The fourth-order valence-corrected chi connectivity index (χ4v) is 1.99. The number of rotatable bonds is 1. The summed E-state index contributed by atoms with van der Waals surface area (Å²) < 4.78 is 1.01. The second-order valence-corrected chi connectivity index (χ2v) is 3.86. The highest BCUT2D eigenvalue weighted by Gasteiger charge is 2.02. The molecule has 1 aromatic rings. The maximum Gasteiger partial charge on any atom is 0.0477 e. The van der Waals surface area contributed by atoms with Gasteiger partial charge >= 0.3 is 0 Å². The SMILES string of the molecule is Cc1c(Br)cc(Cl)cc1CCl. The van der Waals surface area contributed by atoms with E-state index < -0.39 is 0 Å². The van der Waals surface area contributed by atoms with Crippen LogP contribution in [0.4, 0.5) is 0 Å². The van der Waals surface area contributed by atoms with E-state index in [0.717, 1.165) is 20.6 Å². The van der Waals surface area contributed by atoms with E-state index in [1.165, 1.54) is 0 Å². The molecule has 0 atom stereocenters. The van der Waals surface area contributed by atoms with Crippen molar-refractivity contribution in [1.82, 2.24) is 0 Å². The Labute approximate surface area is 84.6 Å². The van der Waals surface area contributed by atoms with Crippen LogP contribution in [0.2, 0.25) is 5.02 Å². The highest BCUT2D eigenvalue weighted by Crippen LogP contribution is 2.25. The predicted molar refractivity (Wildman–Crippen MR) is 53.4 cm³/mol. The van der Waals surface area contributed by atoms with Gasteiger partial charge in [0.1, 0.15) is 0 Å². The lowest BCUT2D eigenvalue weighted by molar-refractivity contribution is 1.28. The molecule has 0 saturated carbocycles. The minimum atomic E-state index is 0.505. The van der Waals surface area contributed by atoms with E-state index in [2.05, 4.69) is 15.9 Å². The molecular formula is C8H7BrCl2. The van der Waals surface area contributed by atoms with Crippen LogP contribution in [0.25, 0.3) is 0 Å². The largest absolute Gasteiger partial charge is 0.122 e. The van der Waals surface area contributed by atoms with E-state index in [1.807, 2.05) is 19.1 Å². The standard InChI is InChI=1S/C8H7BrCl2/c1-5-6(4-10)2-7(11)3-8(5)9/h2-3H,4H2,1H3. The third kappa shape index (κ3) is 2.11. The molecule has 0 aliphatic carbocycles. The normalized spacial score (nSPS) is 10.2. The third-order valence-corrected chi connectivity index (χ3v) is 2.89. The lowest BCUT2D eigenvalue weighted by Crippen LogP contribution is -1.85. The fraction of sp³-hybridized carbons (Fsp3) is 0.250. The van der Waals surface area contributed by atoms with Gasteiger partial charge < -0.3 is 0 Å². The van der Waals surface area contributed by atoms with E-state index in [0.29, 0.717) is 5.88 Å². The van der Waals surface area contributed by atoms with Crippen molar-refractivity contribution in [2.24, 2.45) is 0 Å². The van der Waals surface area contributed by atoms with E-state index in [1.54, 1.807) is 0 Å². The van der Waals surface area contributed by atoms with Crippen molar-refractivity contribution in [1.29, 1.82) is 0 Å². The fourth-order valence-electron chi connectivity index (χ4n) is 0.838. The molecule has 0 nitrogen and oxygen atoms in total. The van der Waals surface area contributed by atoms with Gasteiger partial charge in [-0.3, -0.25) is 0 Å². The molecule has 0 N–H and O–H groups in total. The monoisotopic (exact) mass is 252 g/mol. The first kappa shape index (κ1) is 9.37. The summed E-state index contributed by atoms with van der Waals surface area (Å²) >= 11 is 14.9. The molecule has 0 unspecified atom stereocenters. The molecule has 1 rings (SSSR count). The number of halogens is 3. The minimum absolute atomic E-state index is 0.505. The zero-order valence-corrected chi connectivity index (χ0v) is 9.09. The number of alkyl halides is 1. The van der Waals surface area contributed by atoms with Crippen molar-refractivity contribution in [2.45, 2.75) is 12.8 Å². The van der Waals surface area contributed by atoms with Gasteiger partial charge in [-0.2, -0.15) is 0 Å². The van der Waals surface area contributed by atoms with Gasteiger partial charge in [0.2, 0.25) is 0 Å². The van der Waals surface area contributed by atoms with Gasteiger partial charge in [-0.1, -0.05) is 27.5 Å². The summed E-state index contributed by atoms with van der Waals surface area (Å²) in [5, 5.41) is 0.720. The van der Waals surface area contributed by atoms with Crippen LogP contribution in [0.5, 0.6) is 0 Å². The Hall–Kier alpha value is 0.280. The highest BCUT2D eigenvalue weighted by molar-refractivity contribution is 9.10. The van der Waals surface area contributed by atoms with Crippen LogP contribution < -0.4 is 0 Å². The van der Waals surface area contributed by atoms with Crippen molar-refractivity contribution in [3.05, 3.63) is 32.8 Å². The average Bonchev–Trinajstić information content (AvgIpc) is 1.96. The van der Waals surface area contributed by atoms with E-state index >= 15 is 0 Å². The lowest BCUT2D eigenvalue weighted by atomic mass is 10.1. The smallest absolute Gasteiger partial charge is 0.0477 e. The van der Waals surface area contributed by atoms with Crippen molar-refractivity contribution < 1.29 is 0 Å². The van der Waals surface area contributed by atoms with E-state index in [4.69, 9.17) is 23.2 Å². The van der Waals surface area contributed by atoms with Gasteiger partial charge in [0.15, 0.2) is 0 Å². The zero-order valence-electron chi connectivity index (χ0n) is 6.00. The maximum absolute atomic E-state index is 5.81. The first-order valence-corrected chi connectivity index (χ1v) is 4.86. The van der Waals surface area contributed by atoms with Gasteiger partial charge in [0.05, 0.1) is 0 Å². The van der Waals surface area contributed by atoms with Crippen LogP contribution in [0.3, 0.4) is 0 Å². The highest BCUT2D eigenvalue weighted by atomic mass is 79.9. The predicted octanol–water partition coefficient (Wildman–Crippen LogP) is 4.15. The lowest BCUT2D eigenvalue weighted by Gasteiger charge is -2.04. The molecule has 60 valence electrons. The number of hydrogen-bond acceptors (Lipinski definition) is 0. The number of hydrogen-bond donors (Lipinski definition) is 0. The van der Waals surface area contributed by atoms with Gasteiger partial charge in [0.25, 0.3) is 0 Å². The molecule has 0 saturated heterocycles. The quantitative estimate of drug-likeness (QED) is 0.660. The van der Waals surface area contributed by atoms with Crippen molar-refractivity contribution >= 4 is 39.1 Å². The van der Waals surface area contributed by atoms with Crippen molar-refractivity contribution in [3.8, 4) is 0 Å². The molecule has 0 aliphatic rings. The van der Waals surface area contributed by atoms with Gasteiger partial charge in [-0.15, -0.1) is 11.6 Å². The summed E-state index contributed by atoms with van der Waals surface area (Å²) in [6, 6.07) is 3.75. The van der Waals surface area contributed by atoms with Crippen LogP contribution in [-0.2, 0) is 5.88 Å². The third-order valence-electron chi connectivity index (χ3n) is 1.56. The van der Waals surface area contributed by atoms with E-state index in [-0.39, 0.29) is 0 Å². The van der Waals surface area contributed by atoms with Crippen LogP contribution in [0.15, 0.2) is 16.6 Å². The summed E-state index contributed by atoms with van der Waals surface area (Å²) in [5.41, 5.74) is 2.23. The summed E-state index contributed by atoms with van der Waals surface area (Å²) in [4.78, 5) is 0. The molecule has 1 aromatic carbocycles. The first-order valence-electron chi connectivity index (χ1n) is 3.15. The van der Waals surface area contributed by atoms with Crippen LogP contribution in [-0.4, -0.2) is 0 Å². The van der Waals surface area contributed by atoms with E-state index in [9.17, 15) is 0 Å². The molecule has 0 bridgehead atoms. The average molecular weight is 254 g/mol. The number of benzene rings is 1. The van der Waals surface area contributed by atoms with Crippen molar-refractivity contribution in [3.63, 3.8) is 0 Å². The summed E-state index contributed by atoms with van der Waals surface area (Å²) in [6.07, 6.45) is 0. The summed E-state index contributed by atoms with van der Waals surface area (Å²) in [7, 11) is 0. The second kappa shape index (κ2) is 3.79. The van der Waals surface area contributed by atoms with Gasteiger partial charge in [0, 0.05) is 15.4 Å². The minimum Gasteiger partial charge on any atom is -0.122 e. The summed E-state index contributed by atoms with van der Waals surface area (Å²) in [5.74, 6) is 0.505. The Morgan fingerprint density at radius 1 is 1.45 bits per heavy atom. The molecule has 0 amide bonds. The van der Waals surface area contributed by atoms with Crippen LogP contribution in [0.1, 0.15) is 11.1 Å². The zero-order chi connectivity index (χ0) is 8.43. The molecule has 3 heteroatoms. The Kier molecular flexibility index (Phi) is 3.23. The molecule has 11 heavy (non-hydrogen) atoms. The topological polar surface area (TPSA) is 0 Å². The molecule has 0 fully saturated rings. The van der Waals surface area contributed by atoms with Crippen molar-refractivity contribution in [2.75, 3.05) is 0 Å².